The first kappa shape index (κ1) is 17.4. The Morgan fingerprint density at radius 2 is 1.68 bits per heavy atom. The lowest BCUT2D eigenvalue weighted by Crippen LogP contribution is -2.08. The summed E-state index contributed by atoms with van der Waals surface area (Å²) in [4.78, 5) is 33.4. The van der Waals surface area contributed by atoms with Gasteiger partial charge in [-0.1, -0.05) is 30.3 Å². The second kappa shape index (κ2) is 10.1. The summed E-state index contributed by atoms with van der Waals surface area (Å²) in [6.07, 6.45) is 2.45. The monoisotopic (exact) mass is 306 g/mol. The van der Waals surface area contributed by atoms with E-state index >= 15 is 0 Å². The molecule has 0 saturated carbocycles. The Morgan fingerprint density at radius 1 is 1.00 bits per heavy atom. The van der Waals surface area contributed by atoms with Crippen molar-refractivity contribution in [1.29, 1.82) is 0 Å². The summed E-state index contributed by atoms with van der Waals surface area (Å²) < 4.78 is 14.2. The molecule has 0 bridgehead atoms. The molecular weight excluding hydrogens is 288 g/mol. The molecule has 0 radical (unpaired) electrons. The number of benzene rings is 1. The molecule has 0 saturated heterocycles. The van der Waals surface area contributed by atoms with Gasteiger partial charge in [0.25, 0.3) is 0 Å². The molecule has 118 valence electrons. The van der Waals surface area contributed by atoms with Gasteiger partial charge in [-0.2, -0.15) is 0 Å². The molecule has 0 fully saturated rings. The molecule has 0 aliphatic heterocycles. The molecule has 0 aromatic heterocycles. The fourth-order valence-corrected chi connectivity index (χ4v) is 1.45. The molecule has 1 aromatic carbocycles. The summed E-state index contributed by atoms with van der Waals surface area (Å²) in [6, 6.07) is 9.34. The zero-order valence-electron chi connectivity index (χ0n) is 12.3. The smallest absolute Gasteiger partial charge is 0.331 e. The zero-order chi connectivity index (χ0) is 16.2. The van der Waals surface area contributed by atoms with E-state index in [4.69, 9.17) is 9.47 Å². The summed E-state index contributed by atoms with van der Waals surface area (Å²) in [5, 5.41) is 0. The van der Waals surface area contributed by atoms with Crippen LogP contribution in [-0.2, 0) is 35.2 Å². The number of hydrogen-bond acceptors (Lipinski definition) is 6. The largest absolute Gasteiger partial charge is 0.466 e. The van der Waals surface area contributed by atoms with E-state index in [0.29, 0.717) is 6.42 Å². The van der Waals surface area contributed by atoms with Crippen LogP contribution in [0.25, 0.3) is 0 Å². The van der Waals surface area contributed by atoms with Crippen LogP contribution < -0.4 is 0 Å². The minimum Gasteiger partial charge on any atom is -0.466 e. The Labute approximate surface area is 128 Å². The number of carbonyl (C=O) groups excluding carboxylic acids is 3. The third-order valence-corrected chi connectivity index (χ3v) is 2.57. The molecule has 0 heterocycles. The van der Waals surface area contributed by atoms with E-state index in [1.54, 1.807) is 0 Å². The Kier molecular flexibility index (Phi) is 8.04. The number of esters is 3. The lowest BCUT2D eigenvalue weighted by atomic mass is 10.2. The fourth-order valence-electron chi connectivity index (χ4n) is 1.45. The molecule has 0 N–H and O–H groups in total. The van der Waals surface area contributed by atoms with Crippen LogP contribution in [-0.4, -0.2) is 31.6 Å². The maximum absolute atomic E-state index is 11.5. The van der Waals surface area contributed by atoms with Gasteiger partial charge < -0.3 is 14.2 Å². The SMILES string of the molecule is COC(=O)/C=C/C(=O)OCCCC(=O)OCc1ccccc1. The van der Waals surface area contributed by atoms with Crippen molar-refractivity contribution in [2.75, 3.05) is 13.7 Å². The number of ether oxygens (including phenoxy) is 3. The van der Waals surface area contributed by atoms with Gasteiger partial charge in [0.05, 0.1) is 13.7 Å². The Morgan fingerprint density at radius 3 is 2.36 bits per heavy atom. The van der Waals surface area contributed by atoms with Crippen molar-refractivity contribution in [3.8, 4) is 0 Å². The first-order valence-electron chi connectivity index (χ1n) is 6.74. The van der Waals surface area contributed by atoms with E-state index in [0.717, 1.165) is 17.7 Å². The van der Waals surface area contributed by atoms with Crippen molar-refractivity contribution in [1.82, 2.24) is 0 Å². The standard InChI is InChI=1S/C16H18O6/c1-20-14(17)9-10-16(19)21-11-5-8-15(18)22-12-13-6-3-2-4-7-13/h2-4,6-7,9-10H,5,8,11-12H2,1H3/b10-9+. The molecule has 1 aromatic rings. The highest BCUT2D eigenvalue weighted by atomic mass is 16.5. The summed E-state index contributed by atoms with van der Waals surface area (Å²) in [6.45, 7) is 0.298. The van der Waals surface area contributed by atoms with Gasteiger partial charge >= 0.3 is 17.9 Å². The van der Waals surface area contributed by atoms with E-state index in [1.165, 1.54) is 7.11 Å². The second-order valence-corrected chi connectivity index (χ2v) is 4.27. The lowest BCUT2D eigenvalue weighted by Gasteiger charge is -2.05. The Bertz CT molecular complexity index is 521. The van der Waals surface area contributed by atoms with Gasteiger partial charge in [-0.3, -0.25) is 4.79 Å². The average molecular weight is 306 g/mol. The number of carbonyl (C=O) groups is 3. The molecule has 0 aliphatic rings. The maximum atomic E-state index is 11.5. The van der Waals surface area contributed by atoms with Crippen molar-refractivity contribution in [3.63, 3.8) is 0 Å². The highest BCUT2D eigenvalue weighted by molar-refractivity contribution is 5.91. The van der Waals surface area contributed by atoms with Crippen molar-refractivity contribution in [2.24, 2.45) is 0 Å². The quantitative estimate of drug-likeness (QED) is 0.315. The number of hydrogen-bond donors (Lipinski definition) is 0. The zero-order valence-corrected chi connectivity index (χ0v) is 12.3. The molecule has 0 unspecified atom stereocenters. The average Bonchev–Trinajstić information content (AvgIpc) is 2.55. The molecule has 6 nitrogen and oxygen atoms in total. The van der Waals surface area contributed by atoms with Gasteiger partial charge in [0.2, 0.25) is 0 Å². The summed E-state index contributed by atoms with van der Waals surface area (Å²) in [7, 11) is 1.21. The van der Waals surface area contributed by atoms with Crippen LogP contribution >= 0.6 is 0 Å². The summed E-state index contributed by atoms with van der Waals surface area (Å²) in [5.74, 6) is -1.66. The lowest BCUT2D eigenvalue weighted by molar-refractivity contribution is -0.146. The highest BCUT2D eigenvalue weighted by Gasteiger charge is 2.05. The van der Waals surface area contributed by atoms with Gasteiger partial charge in [0, 0.05) is 18.6 Å². The minimum absolute atomic E-state index is 0.0742. The molecule has 0 atom stereocenters. The van der Waals surface area contributed by atoms with E-state index < -0.39 is 11.9 Å². The van der Waals surface area contributed by atoms with Crippen LogP contribution in [0.15, 0.2) is 42.5 Å². The summed E-state index contributed by atoms with van der Waals surface area (Å²) in [5.41, 5.74) is 0.912. The number of rotatable bonds is 8. The van der Waals surface area contributed by atoms with Crippen molar-refractivity contribution < 1.29 is 28.6 Å². The molecule has 1 rings (SSSR count). The van der Waals surface area contributed by atoms with Crippen LogP contribution in [0.1, 0.15) is 18.4 Å². The summed E-state index contributed by atoms with van der Waals surface area (Å²) >= 11 is 0. The van der Waals surface area contributed by atoms with E-state index in [-0.39, 0.29) is 25.6 Å². The molecule has 0 amide bonds. The third-order valence-electron chi connectivity index (χ3n) is 2.57. The maximum Gasteiger partial charge on any atom is 0.331 e. The van der Waals surface area contributed by atoms with Gasteiger partial charge in [0.1, 0.15) is 6.61 Å². The molecule has 0 aliphatic carbocycles. The fraction of sp³-hybridized carbons (Fsp3) is 0.312. The number of methoxy groups -OCH3 is 1. The van der Waals surface area contributed by atoms with Gasteiger partial charge in [-0.05, 0) is 12.0 Å². The predicted octanol–water partition coefficient (Wildman–Crippen LogP) is 1.78. The van der Waals surface area contributed by atoms with Crippen LogP contribution in [0.3, 0.4) is 0 Å². The van der Waals surface area contributed by atoms with Crippen molar-refractivity contribution in [2.45, 2.75) is 19.4 Å². The van der Waals surface area contributed by atoms with Gasteiger partial charge in [-0.25, -0.2) is 9.59 Å². The topological polar surface area (TPSA) is 78.9 Å². The van der Waals surface area contributed by atoms with Crippen LogP contribution in [0.4, 0.5) is 0 Å². The minimum atomic E-state index is -0.664. The molecule has 0 spiro atoms. The van der Waals surface area contributed by atoms with E-state index in [9.17, 15) is 14.4 Å². The van der Waals surface area contributed by atoms with E-state index in [2.05, 4.69) is 4.74 Å². The van der Waals surface area contributed by atoms with Gasteiger partial charge in [0.15, 0.2) is 0 Å². The molecule has 6 heteroatoms. The predicted molar refractivity (Wildman–Crippen MR) is 77.6 cm³/mol. The third kappa shape index (κ3) is 7.84. The van der Waals surface area contributed by atoms with Crippen molar-refractivity contribution >= 4 is 17.9 Å². The molecular formula is C16H18O6. The van der Waals surface area contributed by atoms with Crippen LogP contribution in [0, 0.1) is 0 Å². The molecule has 22 heavy (non-hydrogen) atoms. The Hall–Kier alpha value is -2.63. The Balaban J connectivity index is 2.11. The first-order chi connectivity index (χ1) is 10.6. The highest BCUT2D eigenvalue weighted by Crippen LogP contribution is 2.03. The van der Waals surface area contributed by atoms with Crippen LogP contribution in [0.2, 0.25) is 0 Å². The van der Waals surface area contributed by atoms with Gasteiger partial charge in [-0.15, -0.1) is 0 Å². The van der Waals surface area contributed by atoms with Crippen LogP contribution in [0.5, 0.6) is 0 Å². The van der Waals surface area contributed by atoms with Crippen molar-refractivity contribution in [3.05, 3.63) is 48.0 Å². The van der Waals surface area contributed by atoms with E-state index in [1.807, 2.05) is 30.3 Å². The normalized spacial score (nSPS) is 10.2. The first-order valence-corrected chi connectivity index (χ1v) is 6.74. The second-order valence-electron chi connectivity index (χ2n) is 4.27.